The number of phenolic OH excluding ortho intramolecular Hbond substituents is 1. The summed E-state index contributed by atoms with van der Waals surface area (Å²) >= 11 is 0. The van der Waals surface area contributed by atoms with E-state index in [4.69, 9.17) is 15.9 Å². The van der Waals surface area contributed by atoms with Crippen molar-refractivity contribution in [2.75, 3.05) is 32.8 Å². The highest BCUT2D eigenvalue weighted by Gasteiger charge is 2.49. The number of likely N-dealkylation sites (tertiary alicyclic amines) is 1. The fraction of sp³-hybridized carbons (Fsp3) is 0.412. The summed E-state index contributed by atoms with van der Waals surface area (Å²) in [5.74, 6) is 0.0804. The lowest BCUT2D eigenvalue weighted by molar-refractivity contribution is -0.0304. The van der Waals surface area contributed by atoms with Gasteiger partial charge in [0.15, 0.2) is 5.82 Å². The summed E-state index contributed by atoms with van der Waals surface area (Å²) in [7, 11) is 0. The molecule has 4 atom stereocenters. The van der Waals surface area contributed by atoms with E-state index in [9.17, 15) is 18.7 Å². The van der Waals surface area contributed by atoms with Gasteiger partial charge in [-0.15, -0.1) is 6.42 Å². The van der Waals surface area contributed by atoms with E-state index in [0.29, 0.717) is 31.4 Å². The molecule has 4 aliphatic rings. The Morgan fingerprint density at radius 2 is 1.98 bits per heavy atom. The number of carbonyl (C=O) groups excluding carboxylic acids is 1. The number of terminal acetylenes is 1. The van der Waals surface area contributed by atoms with Gasteiger partial charge in [0, 0.05) is 43.2 Å². The highest BCUT2D eigenvalue weighted by Crippen LogP contribution is 2.41. The molecule has 6 heterocycles. The van der Waals surface area contributed by atoms with E-state index in [-0.39, 0.29) is 69.4 Å². The van der Waals surface area contributed by atoms with Gasteiger partial charge >= 0.3 is 6.01 Å². The summed E-state index contributed by atoms with van der Waals surface area (Å²) in [5, 5.41) is 11.1. The number of aromatic hydroxyl groups is 1. The van der Waals surface area contributed by atoms with Crippen molar-refractivity contribution >= 4 is 27.6 Å². The van der Waals surface area contributed by atoms with Crippen molar-refractivity contribution < 1.29 is 32.5 Å². The van der Waals surface area contributed by atoms with Crippen LogP contribution in [0.25, 0.3) is 32.9 Å². The first-order chi connectivity index (χ1) is 22.2. The van der Waals surface area contributed by atoms with Crippen LogP contribution in [0.3, 0.4) is 0 Å². The van der Waals surface area contributed by atoms with E-state index in [2.05, 4.69) is 25.8 Å². The van der Waals surface area contributed by atoms with Crippen molar-refractivity contribution in [3.05, 3.63) is 53.4 Å². The van der Waals surface area contributed by atoms with Crippen LogP contribution in [0, 0.1) is 24.0 Å². The van der Waals surface area contributed by atoms with Gasteiger partial charge in [-0.1, -0.05) is 12.0 Å². The fourth-order valence-corrected chi connectivity index (χ4v) is 7.78. The summed E-state index contributed by atoms with van der Waals surface area (Å²) < 4.78 is 58.0. The third-order valence-electron chi connectivity index (χ3n) is 9.88. The van der Waals surface area contributed by atoms with E-state index in [1.54, 1.807) is 4.90 Å². The van der Waals surface area contributed by atoms with Crippen LogP contribution in [0.5, 0.6) is 11.8 Å². The quantitative estimate of drug-likeness (QED) is 0.316. The van der Waals surface area contributed by atoms with Gasteiger partial charge in [-0.25, -0.2) is 13.2 Å². The molecule has 0 saturated carbocycles. The van der Waals surface area contributed by atoms with Gasteiger partial charge in [0.1, 0.15) is 41.2 Å². The molecule has 9 nitrogen and oxygen atoms in total. The molecule has 2 unspecified atom stereocenters. The standard InChI is InChI=1S/C34H30F3N5O4/c1-2-23-26(36)7-4-18-10-20(43)11-24(27(18)23)29-28(37)30-25(13-38-29)31(32(44)41-15-21-5-6-22(16-41)46-21)40-33(39-30)45-17-34-8-3-9-42(34)14-19(35)12-34/h1,4,7,10-11,13,19,21-22,43H,3,5-6,8-9,12,14-17H2/t19-,21?,22?,34+/m1/s1. The Morgan fingerprint density at radius 3 is 2.76 bits per heavy atom. The van der Waals surface area contributed by atoms with E-state index >= 15 is 4.39 Å². The lowest BCUT2D eigenvalue weighted by atomic mass is 9.95. The predicted molar refractivity (Wildman–Crippen MR) is 162 cm³/mol. The minimum absolute atomic E-state index is 0.0565. The molecule has 1 N–H and O–H groups in total. The smallest absolute Gasteiger partial charge is 0.317 e. The molecule has 236 valence electrons. The molecule has 2 bridgehead atoms. The highest BCUT2D eigenvalue weighted by atomic mass is 19.1. The Kier molecular flexibility index (Phi) is 6.81. The van der Waals surface area contributed by atoms with Crippen LogP contribution in [-0.4, -0.2) is 92.5 Å². The number of hydrogen-bond acceptors (Lipinski definition) is 8. The molecule has 0 spiro atoms. The maximum absolute atomic E-state index is 16.7. The molecular weight excluding hydrogens is 599 g/mol. The topological polar surface area (TPSA) is 101 Å². The van der Waals surface area contributed by atoms with Gasteiger partial charge in [0.25, 0.3) is 5.91 Å². The van der Waals surface area contributed by atoms with Crippen molar-refractivity contribution in [3.63, 3.8) is 0 Å². The zero-order chi connectivity index (χ0) is 31.7. The SMILES string of the molecule is C#Cc1c(F)ccc2cc(O)cc(-c3ncc4c(C(=O)N5CC6CCC(C5)O6)nc(OC[C@@]56CCCN5C[C@H](F)C6)nc4c3F)c12. The largest absolute Gasteiger partial charge is 0.508 e. The van der Waals surface area contributed by atoms with Crippen molar-refractivity contribution in [1.29, 1.82) is 0 Å². The number of rotatable bonds is 5. The first kappa shape index (κ1) is 29.0. The molecule has 4 aromatic rings. The number of fused-ring (bicyclic) bond motifs is 5. The van der Waals surface area contributed by atoms with Crippen molar-refractivity contribution in [3.8, 4) is 35.4 Å². The molecule has 8 rings (SSSR count). The molecule has 1 amide bonds. The molecule has 4 aliphatic heterocycles. The third-order valence-corrected chi connectivity index (χ3v) is 9.88. The Labute approximate surface area is 262 Å². The molecule has 4 saturated heterocycles. The number of pyridine rings is 1. The minimum Gasteiger partial charge on any atom is -0.508 e. The summed E-state index contributed by atoms with van der Waals surface area (Å²) in [6.45, 7) is 1.91. The Balaban J connectivity index is 1.27. The van der Waals surface area contributed by atoms with E-state index < -0.39 is 29.3 Å². The maximum atomic E-state index is 16.7. The maximum Gasteiger partial charge on any atom is 0.317 e. The first-order valence-electron chi connectivity index (χ1n) is 15.5. The summed E-state index contributed by atoms with van der Waals surface area (Å²) in [6.07, 6.45) is 9.45. The Morgan fingerprint density at radius 1 is 1.17 bits per heavy atom. The number of ether oxygens (including phenoxy) is 2. The molecule has 2 aromatic heterocycles. The van der Waals surface area contributed by atoms with Crippen LogP contribution in [0.4, 0.5) is 13.2 Å². The Hall–Kier alpha value is -4.47. The third kappa shape index (κ3) is 4.63. The van der Waals surface area contributed by atoms with E-state index in [0.717, 1.165) is 32.2 Å². The summed E-state index contributed by atoms with van der Waals surface area (Å²) in [4.78, 5) is 31.0. The average Bonchev–Trinajstić information content (AvgIpc) is 3.69. The second-order valence-corrected chi connectivity index (χ2v) is 12.7. The molecule has 46 heavy (non-hydrogen) atoms. The number of phenols is 1. The molecule has 0 aliphatic carbocycles. The van der Waals surface area contributed by atoms with Gasteiger partial charge in [-0.05, 0) is 55.8 Å². The lowest BCUT2D eigenvalue weighted by Crippen LogP contribution is -2.46. The number of amides is 1. The second-order valence-electron chi connectivity index (χ2n) is 12.7. The van der Waals surface area contributed by atoms with Crippen molar-refractivity contribution in [2.45, 2.75) is 56.0 Å². The van der Waals surface area contributed by atoms with E-state index in [1.807, 2.05) is 0 Å². The number of benzene rings is 2. The van der Waals surface area contributed by atoms with Crippen LogP contribution in [0.15, 0.2) is 30.5 Å². The van der Waals surface area contributed by atoms with Gasteiger partial charge < -0.3 is 19.5 Å². The predicted octanol–water partition coefficient (Wildman–Crippen LogP) is 4.77. The normalized spacial score (nSPS) is 25.7. The first-order valence-corrected chi connectivity index (χ1v) is 15.5. The zero-order valence-corrected chi connectivity index (χ0v) is 24.8. The molecular formula is C34H30F3N5O4. The number of nitrogens with zero attached hydrogens (tertiary/aromatic N) is 5. The molecule has 4 fully saturated rings. The summed E-state index contributed by atoms with van der Waals surface area (Å²) in [5.41, 5.74) is -1.14. The molecule has 2 aromatic carbocycles. The van der Waals surface area contributed by atoms with Gasteiger partial charge in [0.2, 0.25) is 0 Å². The van der Waals surface area contributed by atoms with Crippen LogP contribution in [0.2, 0.25) is 0 Å². The second kappa shape index (κ2) is 10.8. The van der Waals surface area contributed by atoms with E-state index in [1.165, 1.54) is 30.5 Å². The number of hydrogen-bond donors (Lipinski definition) is 1. The van der Waals surface area contributed by atoms with Crippen molar-refractivity contribution in [2.24, 2.45) is 0 Å². The van der Waals surface area contributed by atoms with Gasteiger partial charge in [-0.2, -0.15) is 9.97 Å². The van der Waals surface area contributed by atoms with Gasteiger partial charge in [-0.3, -0.25) is 14.7 Å². The highest BCUT2D eigenvalue weighted by molar-refractivity contribution is 6.06. The lowest BCUT2D eigenvalue weighted by Gasteiger charge is -2.32. The van der Waals surface area contributed by atoms with Gasteiger partial charge in [0.05, 0.1) is 28.7 Å². The van der Waals surface area contributed by atoms with Crippen molar-refractivity contribution in [1.82, 2.24) is 24.8 Å². The van der Waals surface area contributed by atoms with Crippen LogP contribution >= 0.6 is 0 Å². The zero-order valence-electron chi connectivity index (χ0n) is 24.8. The number of morpholine rings is 1. The number of carbonyl (C=O) groups is 1. The monoisotopic (exact) mass is 629 g/mol. The number of alkyl halides is 1. The fourth-order valence-electron chi connectivity index (χ4n) is 7.78. The van der Waals surface area contributed by atoms with Crippen LogP contribution in [-0.2, 0) is 4.74 Å². The summed E-state index contributed by atoms with van der Waals surface area (Å²) in [6, 6.07) is 5.05. The minimum atomic E-state index is -0.976. The van der Waals surface area contributed by atoms with Crippen LogP contribution < -0.4 is 4.74 Å². The Bertz CT molecular complexity index is 1960. The number of aromatic nitrogens is 3. The molecule has 0 radical (unpaired) electrons. The molecule has 12 heteroatoms. The number of halogens is 3. The van der Waals surface area contributed by atoms with Crippen LogP contribution in [0.1, 0.15) is 48.2 Å². The average molecular weight is 630 g/mol.